The molecule has 0 aliphatic heterocycles. The maximum absolute atomic E-state index is 13.3. The summed E-state index contributed by atoms with van der Waals surface area (Å²) in [5.41, 5.74) is 3.79. The van der Waals surface area contributed by atoms with Gasteiger partial charge in [0.2, 0.25) is 0 Å². The van der Waals surface area contributed by atoms with E-state index in [1.807, 2.05) is 0 Å². The van der Waals surface area contributed by atoms with Gasteiger partial charge in [-0.25, -0.2) is 4.39 Å². The maximum Gasteiger partial charge on any atom is 0.416 e. The Kier molecular flexibility index (Phi) is 6.11. The van der Waals surface area contributed by atoms with Crippen LogP contribution in [0.4, 0.5) is 23.2 Å². The minimum absolute atomic E-state index is 0.125. The molecule has 0 saturated carbocycles. The Morgan fingerprint density at radius 1 is 1.03 bits per heavy atom. The molecular weight excluding hydrogens is 442 g/mol. The van der Waals surface area contributed by atoms with Gasteiger partial charge in [-0.05, 0) is 48.5 Å². The maximum atomic E-state index is 13.3. The highest BCUT2D eigenvalue weighted by molar-refractivity contribution is 6.32. The Labute approximate surface area is 177 Å². The fraction of sp³-hybridized carbons (Fsp3) is 0.0500. The number of nitrogens with one attached hydrogen (secondary N) is 1. The summed E-state index contributed by atoms with van der Waals surface area (Å²) in [6, 6.07) is 7.81. The zero-order valence-electron chi connectivity index (χ0n) is 15.3. The number of nitrogens with two attached hydrogens (primary N) is 1. The lowest BCUT2D eigenvalue weighted by Crippen LogP contribution is -2.16. The number of primary amides is 1. The van der Waals surface area contributed by atoms with Gasteiger partial charge in [0.25, 0.3) is 11.8 Å². The zero-order chi connectivity index (χ0) is 22.8. The Morgan fingerprint density at radius 3 is 2.42 bits per heavy atom. The number of carbonyl (C=O) groups excluding carboxylic acids is 2. The Bertz CT molecular complexity index is 1170. The number of ether oxygens (including phenoxy) is 1. The van der Waals surface area contributed by atoms with E-state index in [2.05, 4.69) is 10.3 Å². The van der Waals surface area contributed by atoms with E-state index in [0.717, 1.165) is 24.3 Å². The minimum Gasteiger partial charge on any atom is -0.455 e. The first kappa shape index (κ1) is 22.0. The van der Waals surface area contributed by atoms with Crippen molar-refractivity contribution in [3.8, 4) is 11.5 Å². The number of anilines is 1. The van der Waals surface area contributed by atoms with Crippen LogP contribution < -0.4 is 15.8 Å². The fourth-order valence-electron chi connectivity index (χ4n) is 2.49. The number of rotatable bonds is 5. The normalized spacial score (nSPS) is 11.1. The number of amides is 2. The zero-order valence-corrected chi connectivity index (χ0v) is 16.1. The van der Waals surface area contributed by atoms with Crippen molar-refractivity contribution in [3.63, 3.8) is 0 Å². The molecule has 0 spiro atoms. The van der Waals surface area contributed by atoms with E-state index in [9.17, 15) is 27.2 Å². The molecule has 3 N–H and O–H groups in total. The molecule has 0 saturated heterocycles. The van der Waals surface area contributed by atoms with Gasteiger partial charge in [-0.1, -0.05) is 11.6 Å². The lowest BCUT2D eigenvalue weighted by Gasteiger charge is -2.15. The molecule has 6 nitrogen and oxygen atoms in total. The second kappa shape index (κ2) is 8.60. The molecule has 0 bridgehead atoms. The number of hydrogen-bond donors (Lipinski definition) is 2. The highest BCUT2D eigenvalue weighted by Gasteiger charge is 2.32. The lowest BCUT2D eigenvalue weighted by molar-refractivity contribution is -0.137. The summed E-state index contributed by atoms with van der Waals surface area (Å²) >= 11 is 5.88. The van der Waals surface area contributed by atoms with E-state index in [4.69, 9.17) is 22.1 Å². The van der Waals surface area contributed by atoms with Gasteiger partial charge in [-0.3, -0.25) is 14.6 Å². The number of benzene rings is 2. The van der Waals surface area contributed by atoms with Crippen molar-refractivity contribution >= 4 is 29.1 Å². The quantitative estimate of drug-likeness (QED) is 0.529. The van der Waals surface area contributed by atoms with Gasteiger partial charge in [0, 0.05) is 11.9 Å². The molecule has 0 aliphatic carbocycles. The molecule has 2 amide bonds. The molecular formula is C20H12ClF4N3O3. The van der Waals surface area contributed by atoms with Gasteiger partial charge >= 0.3 is 6.18 Å². The molecule has 160 valence electrons. The van der Waals surface area contributed by atoms with Crippen LogP contribution in [0.5, 0.6) is 11.5 Å². The van der Waals surface area contributed by atoms with Gasteiger partial charge in [-0.2, -0.15) is 13.2 Å². The monoisotopic (exact) mass is 453 g/mol. The number of nitrogens with zero attached hydrogens (tertiary/aromatic N) is 1. The summed E-state index contributed by atoms with van der Waals surface area (Å²) in [6.45, 7) is 0. The summed E-state index contributed by atoms with van der Waals surface area (Å²) < 4.78 is 58.1. The fourth-order valence-corrected chi connectivity index (χ4v) is 2.69. The largest absolute Gasteiger partial charge is 0.455 e. The summed E-state index contributed by atoms with van der Waals surface area (Å²) in [6.07, 6.45) is -3.49. The molecule has 3 rings (SSSR count). The molecule has 1 aromatic heterocycles. The van der Waals surface area contributed by atoms with Crippen molar-refractivity contribution in [1.29, 1.82) is 0 Å². The van der Waals surface area contributed by atoms with E-state index < -0.39 is 35.1 Å². The second-order valence-corrected chi connectivity index (χ2v) is 6.54. The first-order valence-electron chi connectivity index (χ1n) is 8.46. The summed E-state index contributed by atoms with van der Waals surface area (Å²) in [4.78, 5) is 27.7. The molecule has 0 radical (unpaired) electrons. The van der Waals surface area contributed by atoms with Crippen LogP contribution in [0.2, 0.25) is 5.02 Å². The van der Waals surface area contributed by atoms with Crippen LogP contribution in [-0.4, -0.2) is 16.8 Å². The number of halogens is 5. The van der Waals surface area contributed by atoms with E-state index in [0.29, 0.717) is 12.1 Å². The molecule has 0 unspecified atom stereocenters. The van der Waals surface area contributed by atoms with Crippen molar-refractivity contribution < 1.29 is 31.9 Å². The van der Waals surface area contributed by atoms with Gasteiger partial charge in [0.1, 0.15) is 23.0 Å². The lowest BCUT2D eigenvalue weighted by atomic mass is 10.1. The Hall–Kier alpha value is -3.66. The van der Waals surface area contributed by atoms with Crippen molar-refractivity contribution in [1.82, 2.24) is 4.98 Å². The third-order valence-electron chi connectivity index (χ3n) is 3.94. The molecule has 11 heteroatoms. The second-order valence-electron chi connectivity index (χ2n) is 6.13. The predicted molar refractivity (Wildman–Crippen MR) is 104 cm³/mol. The first-order chi connectivity index (χ1) is 14.5. The van der Waals surface area contributed by atoms with Crippen molar-refractivity contribution in [3.05, 3.63) is 82.4 Å². The van der Waals surface area contributed by atoms with Crippen LogP contribution in [0.15, 0.2) is 54.7 Å². The third-order valence-corrected chi connectivity index (χ3v) is 4.23. The molecule has 31 heavy (non-hydrogen) atoms. The highest BCUT2D eigenvalue weighted by atomic mass is 35.5. The van der Waals surface area contributed by atoms with Crippen LogP contribution >= 0.6 is 11.6 Å². The topological polar surface area (TPSA) is 94.3 Å². The SMILES string of the molecule is NC(=O)c1cc(NC(=O)c2ccc(C(F)(F)F)cc2Oc2ccc(F)cc2Cl)ccn1. The number of hydrogen-bond acceptors (Lipinski definition) is 4. The van der Waals surface area contributed by atoms with Gasteiger partial charge in [0.15, 0.2) is 0 Å². The average Bonchev–Trinajstić information content (AvgIpc) is 2.69. The molecule has 2 aromatic carbocycles. The standard InChI is InChI=1S/C20H12ClF4N3O3/c21-14-8-11(22)2-4-16(14)31-17-7-10(20(23,24)25)1-3-13(17)19(30)28-12-5-6-27-15(9-12)18(26)29/h1-9H,(H2,26,29)(H,27,28,30). The minimum atomic E-state index is -4.71. The van der Waals surface area contributed by atoms with Gasteiger partial charge in [-0.15, -0.1) is 0 Å². The van der Waals surface area contributed by atoms with Crippen LogP contribution in [-0.2, 0) is 6.18 Å². The van der Waals surface area contributed by atoms with E-state index in [-0.39, 0.29) is 27.7 Å². The van der Waals surface area contributed by atoms with Crippen molar-refractivity contribution in [2.75, 3.05) is 5.32 Å². The number of carbonyl (C=O) groups is 2. The average molecular weight is 454 g/mol. The van der Waals surface area contributed by atoms with Crippen molar-refractivity contribution in [2.24, 2.45) is 5.73 Å². The summed E-state index contributed by atoms with van der Waals surface area (Å²) in [5, 5.41) is 2.22. The molecule has 0 aliphatic rings. The third kappa shape index (κ3) is 5.28. The van der Waals surface area contributed by atoms with Gasteiger partial charge < -0.3 is 15.8 Å². The van der Waals surface area contributed by atoms with Crippen LogP contribution in [0, 0.1) is 5.82 Å². The first-order valence-corrected chi connectivity index (χ1v) is 8.84. The van der Waals surface area contributed by atoms with Crippen molar-refractivity contribution in [2.45, 2.75) is 6.18 Å². The Morgan fingerprint density at radius 2 is 1.77 bits per heavy atom. The van der Waals surface area contributed by atoms with Gasteiger partial charge in [0.05, 0.1) is 16.1 Å². The number of aromatic nitrogens is 1. The molecule has 1 heterocycles. The van der Waals surface area contributed by atoms with E-state index in [1.165, 1.54) is 18.3 Å². The van der Waals surface area contributed by atoms with E-state index in [1.54, 1.807) is 0 Å². The smallest absolute Gasteiger partial charge is 0.416 e. The Balaban J connectivity index is 1.99. The number of alkyl halides is 3. The summed E-state index contributed by atoms with van der Waals surface area (Å²) in [5.74, 6) is -2.98. The molecule has 0 fully saturated rings. The molecule has 0 atom stereocenters. The van der Waals surface area contributed by atoms with Crippen LogP contribution in [0.1, 0.15) is 26.4 Å². The molecule has 3 aromatic rings. The predicted octanol–water partition coefficient (Wildman–Crippen LogP) is 5.04. The number of pyridine rings is 1. The van der Waals surface area contributed by atoms with E-state index >= 15 is 0 Å². The van der Waals surface area contributed by atoms with Crippen LogP contribution in [0.3, 0.4) is 0 Å². The summed E-state index contributed by atoms with van der Waals surface area (Å²) in [7, 11) is 0. The van der Waals surface area contributed by atoms with Crippen LogP contribution in [0.25, 0.3) is 0 Å². The highest BCUT2D eigenvalue weighted by Crippen LogP contribution is 2.37.